The summed E-state index contributed by atoms with van der Waals surface area (Å²) >= 11 is 4.57. The molecular formula is C13H13BrN4O2S. The van der Waals surface area contributed by atoms with Crippen LogP contribution in [0.25, 0.3) is 0 Å². The highest BCUT2D eigenvalue weighted by atomic mass is 79.9. The molecule has 0 unspecified atom stereocenters. The van der Waals surface area contributed by atoms with Gasteiger partial charge in [-0.15, -0.1) is 10.2 Å². The highest BCUT2D eigenvalue weighted by molar-refractivity contribution is 9.10. The zero-order valence-electron chi connectivity index (χ0n) is 11.2. The molecule has 6 nitrogen and oxygen atoms in total. The molecule has 0 atom stereocenters. The van der Waals surface area contributed by atoms with E-state index in [1.54, 1.807) is 12.1 Å². The third kappa shape index (κ3) is 3.11. The van der Waals surface area contributed by atoms with Crippen LogP contribution in [0.4, 0.5) is 5.69 Å². The summed E-state index contributed by atoms with van der Waals surface area (Å²) in [5.41, 5.74) is 0.0837. The Balaban J connectivity index is 1.94. The molecule has 3 rings (SSSR count). The Morgan fingerprint density at radius 3 is 2.95 bits per heavy atom. The zero-order chi connectivity index (χ0) is 14.8. The highest BCUT2D eigenvalue weighted by Crippen LogP contribution is 2.36. The number of nitro benzene ring substituents is 1. The van der Waals surface area contributed by atoms with Crippen molar-refractivity contribution in [3.05, 3.63) is 38.6 Å². The Kier molecular flexibility index (Phi) is 4.25. The van der Waals surface area contributed by atoms with Crippen molar-refractivity contribution in [2.75, 3.05) is 0 Å². The maximum Gasteiger partial charge on any atom is 0.284 e. The monoisotopic (exact) mass is 368 g/mol. The summed E-state index contributed by atoms with van der Waals surface area (Å²) in [6.07, 6.45) is 4.34. The second-order valence-corrected chi connectivity index (χ2v) is 6.76. The number of hydrogen-bond donors (Lipinski definition) is 0. The Labute approximate surface area is 134 Å². The van der Waals surface area contributed by atoms with Crippen LogP contribution in [0.15, 0.2) is 32.7 Å². The van der Waals surface area contributed by atoms with Crippen molar-refractivity contribution in [1.82, 2.24) is 14.8 Å². The molecule has 110 valence electrons. The summed E-state index contributed by atoms with van der Waals surface area (Å²) in [5, 5.41) is 20.3. The van der Waals surface area contributed by atoms with Gasteiger partial charge in [0.2, 0.25) is 0 Å². The lowest BCUT2D eigenvalue weighted by atomic mass is 10.2. The fraction of sp³-hybridized carbons (Fsp3) is 0.385. The molecule has 1 aliphatic heterocycles. The largest absolute Gasteiger partial charge is 0.306 e. The number of halogens is 1. The smallest absolute Gasteiger partial charge is 0.284 e. The number of rotatable bonds is 3. The van der Waals surface area contributed by atoms with Gasteiger partial charge in [0.1, 0.15) is 5.82 Å². The second-order valence-electron chi connectivity index (χ2n) is 4.83. The SMILES string of the molecule is O=[N+]([O-])c1cc(Br)ccc1Sc1nnc2n1CCCCC2. The Morgan fingerprint density at radius 1 is 1.29 bits per heavy atom. The molecule has 1 aliphatic rings. The number of nitro groups is 1. The molecule has 8 heteroatoms. The fourth-order valence-corrected chi connectivity index (χ4v) is 3.66. The average molecular weight is 369 g/mol. The lowest BCUT2D eigenvalue weighted by Gasteiger charge is -2.06. The van der Waals surface area contributed by atoms with Gasteiger partial charge in [-0.05, 0) is 36.7 Å². The van der Waals surface area contributed by atoms with E-state index in [4.69, 9.17) is 0 Å². The maximum atomic E-state index is 11.2. The predicted octanol–water partition coefficient (Wildman–Crippen LogP) is 3.83. The van der Waals surface area contributed by atoms with Crippen LogP contribution in [-0.2, 0) is 13.0 Å². The van der Waals surface area contributed by atoms with E-state index in [1.807, 2.05) is 0 Å². The molecule has 0 N–H and O–H groups in total. The van der Waals surface area contributed by atoms with Crippen LogP contribution in [0, 0.1) is 10.1 Å². The topological polar surface area (TPSA) is 73.8 Å². The summed E-state index contributed by atoms with van der Waals surface area (Å²) in [5.74, 6) is 0.981. The van der Waals surface area contributed by atoms with Crippen LogP contribution in [0.5, 0.6) is 0 Å². The van der Waals surface area contributed by atoms with Gasteiger partial charge in [-0.2, -0.15) is 0 Å². The van der Waals surface area contributed by atoms with Gasteiger partial charge in [-0.1, -0.05) is 22.4 Å². The first-order valence-electron chi connectivity index (χ1n) is 6.69. The van der Waals surface area contributed by atoms with Crippen molar-refractivity contribution < 1.29 is 4.92 Å². The van der Waals surface area contributed by atoms with Crippen LogP contribution < -0.4 is 0 Å². The van der Waals surface area contributed by atoms with E-state index in [0.29, 0.717) is 9.37 Å². The van der Waals surface area contributed by atoms with Gasteiger partial charge in [0.15, 0.2) is 5.16 Å². The molecule has 0 saturated heterocycles. The van der Waals surface area contributed by atoms with Crippen LogP contribution in [0.2, 0.25) is 0 Å². The van der Waals surface area contributed by atoms with E-state index in [1.165, 1.54) is 24.2 Å². The van der Waals surface area contributed by atoms with Crippen molar-refractivity contribution in [2.24, 2.45) is 0 Å². The zero-order valence-corrected chi connectivity index (χ0v) is 13.6. The summed E-state index contributed by atoms with van der Waals surface area (Å²) in [7, 11) is 0. The number of aromatic nitrogens is 3. The van der Waals surface area contributed by atoms with Gasteiger partial charge >= 0.3 is 0 Å². The Hall–Kier alpha value is -1.41. The van der Waals surface area contributed by atoms with E-state index < -0.39 is 0 Å². The van der Waals surface area contributed by atoms with Gasteiger partial charge in [-0.3, -0.25) is 10.1 Å². The number of fused-ring (bicyclic) bond motifs is 1. The maximum absolute atomic E-state index is 11.2. The normalized spacial score (nSPS) is 14.5. The lowest BCUT2D eigenvalue weighted by Crippen LogP contribution is -2.02. The molecule has 0 bridgehead atoms. The standard InChI is InChI=1S/C13H13BrN4O2S/c14-9-5-6-11(10(8-9)18(19)20)21-13-16-15-12-4-2-1-3-7-17(12)13/h5-6,8H,1-4,7H2. The molecule has 1 aromatic carbocycles. The van der Waals surface area contributed by atoms with Crippen molar-refractivity contribution in [3.63, 3.8) is 0 Å². The van der Waals surface area contributed by atoms with Crippen molar-refractivity contribution >= 4 is 33.4 Å². The molecule has 1 aromatic heterocycles. The quantitative estimate of drug-likeness (QED) is 0.607. The number of benzene rings is 1. The predicted molar refractivity (Wildman–Crippen MR) is 82.5 cm³/mol. The van der Waals surface area contributed by atoms with E-state index >= 15 is 0 Å². The minimum Gasteiger partial charge on any atom is -0.306 e. The highest BCUT2D eigenvalue weighted by Gasteiger charge is 2.20. The second kappa shape index (κ2) is 6.15. The third-order valence-electron chi connectivity index (χ3n) is 3.39. The van der Waals surface area contributed by atoms with Crippen LogP contribution in [0.3, 0.4) is 0 Å². The molecule has 0 amide bonds. The third-order valence-corrected chi connectivity index (χ3v) is 4.94. The van der Waals surface area contributed by atoms with E-state index in [2.05, 4.69) is 30.7 Å². The molecular weight excluding hydrogens is 356 g/mol. The molecule has 0 fully saturated rings. The van der Waals surface area contributed by atoms with Gasteiger partial charge in [-0.25, -0.2) is 0 Å². The fourth-order valence-electron chi connectivity index (χ4n) is 2.35. The first kappa shape index (κ1) is 14.5. The summed E-state index contributed by atoms with van der Waals surface area (Å²) in [4.78, 5) is 11.4. The number of nitrogens with zero attached hydrogens (tertiary/aromatic N) is 4. The van der Waals surface area contributed by atoms with Crippen LogP contribution >= 0.6 is 27.7 Å². The molecule has 0 radical (unpaired) electrons. The first-order valence-corrected chi connectivity index (χ1v) is 8.30. The van der Waals surface area contributed by atoms with Crippen LogP contribution in [-0.4, -0.2) is 19.7 Å². The minimum absolute atomic E-state index is 0.0837. The first-order chi connectivity index (χ1) is 10.1. The molecule has 0 spiro atoms. The summed E-state index contributed by atoms with van der Waals surface area (Å²) in [6.45, 7) is 0.884. The van der Waals surface area contributed by atoms with E-state index in [-0.39, 0.29) is 10.6 Å². The lowest BCUT2D eigenvalue weighted by molar-refractivity contribution is -0.387. The van der Waals surface area contributed by atoms with Gasteiger partial charge in [0.25, 0.3) is 5.69 Å². The summed E-state index contributed by atoms with van der Waals surface area (Å²) < 4.78 is 2.78. The number of aryl methyl sites for hydroxylation is 1. The molecule has 2 heterocycles. The van der Waals surface area contributed by atoms with Crippen LogP contribution in [0.1, 0.15) is 25.1 Å². The van der Waals surface area contributed by atoms with Gasteiger partial charge in [0.05, 0.1) is 9.82 Å². The summed E-state index contributed by atoms with van der Waals surface area (Å²) in [6, 6.07) is 5.06. The molecule has 2 aromatic rings. The van der Waals surface area contributed by atoms with Crippen molar-refractivity contribution in [3.8, 4) is 0 Å². The van der Waals surface area contributed by atoms with Gasteiger partial charge < -0.3 is 4.57 Å². The van der Waals surface area contributed by atoms with E-state index in [0.717, 1.165) is 36.8 Å². The van der Waals surface area contributed by atoms with Crippen molar-refractivity contribution in [1.29, 1.82) is 0 Å². The molecule has 0 aliphatic carbocycles. The van der Waals surface area contributed by atoms with Gasteiger partial charge in [0, 0.05) is 23.5 Å². The van der Waals surface area contributed by atoms with E-state index in [9.17, 15) is 10.1 Å². The average Bonchev–Trinajstić information content (AvgIpc) is 2.69. The van der Waals surface area contributed by atoms with Crippen molar-refractivity contribution in [2.45, 2.75) is 42.3 Å². The number of hydrogen-bond acceptors (Lipinski definition) is 5. The Bertz CT molecular complexity index is 689. The molecule has 21 heavy (non-hydrogen) atoms. The minimum atomic E-state index is -0.368. The molecule has 0 saturated carbocycles. The Morgan fingerprint density at radius 2 is 2.14 bits per heavy atom.